The average Bonchev–Trinajstić information content (AvgIpc) is 3.03. The average molecular weight is 305 g/mol. The zero-order chi connectivity index (χ0) is 14.5. The van der Waals surface area contributed by atoms with Crippen molar-refractivity contribution in [3.05, 3.63) is 47.8 Å². The molecule has 3 rings (SSSR count). The molecule has 0 radical (unpaired) electrons. The summed E-state index contributed by atoms with van der Waals surface area (Å²) < 4.78 is 7.89. The Morgan fingerprint density at radius 3 is 2.57 bits per heavy atom. The van der Waals surface area contributed by atoms with Gasteiger partial charge in [-0.05, 0) is 36.6 Å². The van der Waals surface area contributed by atoms with Crippen LogP contribution >= 0.6 is 11.6 Å². The fourth-order valence-corrected chi connectivity index (χ4v) is 3.01. The predicted molar refractivity (Wildman–Crippen MR) is 84.7 cm³/mol. The first-order valence-corrected chi connectivity index (χ1v) is 8.20. The van der Waals surface area contributed by atoms with E-state index in [4.69, 9.17) is 16.3 Å². The summed E-state index contributed by atoms with van der Waals surface area (Å²) >= 11 is 5.78. The molecule has 0 atom stereocenters. The van der Waals surface area contributed by atoms with Gasteiger partial charge in [-0.15, -0.1) is 11.6 Å². The van der Waals surface area contributed by atoms with Gasteiger partial charge in [0.1, 0.15) is 12.4 Å². The summed E-state index contributed by atoms with van der Waals surface area (Å²) in [6.07, 6.45) is 8.60. The lowest BCUT2D eigenvalue weighted by molar-refractivity contribution is 0.291. The van der Waals surface area contributed by atoms with Gasteiger partial charge in [-0.3, -0.25) is 4.68 Å². The van der Waals surface area contributed by atoms with Gasteiger partial charge in [0, 0.05) is 12.1 Å². The Morgan fingerprint density at radius 1 is 1.10 bits per heavy atom. The number of nitrogens with zero attached hydrogens (tertiary/aromatic N) is 2. The minimum atomic E-state index is 0.514. The number of hydrogen-bond acceptors (Lipinski definition) is 2. The second kappa shape index (κ2) is 6.99. The highest BCUT2D eigenvalue weighted by Gasteiger charge is 2.15. The highest BCUT2D eigenvalue weighted by atomic mass is 35.5. The van der Waals surface area contributed by atoms with Crippen LogP contribution in [0.15, 0.2) is 36.5 Å². The zero-order valence-electron chi connectivity index (χ0n) is 12.2. The first-order chi connectivity index (χ1) is 10.3. The van der Waals surface area contributed by atoms with E-state index >= 15 is 0 Å². The number of rotatable bonds is 5. The zero-order valence-corrected chi connectivity index (χ0v) is 12.9. The predicted octanol–water partition coefficient (Wildman–Crippen LogP) is 4.71. The summed E-state index contributed by atoms with van der Waals surface area (Å²) in [5.41, 5.74) is 2.09. The highest BCUT2D eigenvalue weighted by Crippen LogP contribution is 2.27. The molecule has 1 aliphatic rings. The lowest BCUT2D eigenvalue weighted by Gasteiger charge is -2.21. The normalized spacial score (nSPS) is 16.0. The van der Waals surface area contributed by atoms with Crippen LogP contribution in [0.25, 0.3) is 0 Å². The van der Waals surface area contributed by atoms with Gasteiger partial charge < -0.3 is 4.74 Å². The van der Waals surface area contributed by atoms with Crippen LogP contribution in [0.5, 0.6) is 5.75 Å². The van der Waals surface area contributed by atoms with E-state index in [-0.39, 0.29) is 0 Å². The van der Waals surface area contributed by atoms with Crippen LogP contribution in [0.4, 0.5) is 0 Å². The van der Waals surface area contributed by atoms with E-state index < -0.39 is 0 Å². The van der Waals surface area contributed by atoms with E-state index in [9.17, 15) is 0 Å². The smallest absolute Gasteiger partial charge is 0.132 e. The van der Waals surface area contributed by atoms with Crippen molar-refractivity contribution in [2.24, 2.45) is 0 Å². The Labute approximate surface area is 130 Å². The Bertz CT molecular complexity index is 558. The molecule has 0 unspecified atom stereocenters. The van der Waals surface area contributed by atoms with Crippen molar-refractivity contribution in [3.8, 4) is 5.75 Å². The molecule has 1 aromatic heterocycles. The van der Waals surface area contributed by atoms with Crippen LogP contribution in [0.1, 0.15) is 49.4 Å². The number of halogens is 1. The van der Waals surface area contributed by atoms with Crippen molar-refractivity contribution in [1.29, 1.82) is 0 Å². The van der Waals surface area contributed by atoms with Gasteiger partial charge >= 0.3 is 0 Å². The summed E-state index contributed by atoms with van der Waals surface area (Å²) in [6.45, 7) is 0.514. The molecule has 4 heteroatoms. The van der Waals surface area contributed by atoms with E-state index in [1.165, 1.54) is 32.1 Å². The Morgan fingerprint density at radius 2 is 1.86 bits per heavy atom. The maximum atomic E-state index is 5.78. The molecule has 1 aliphatic carbocycles. The van der Waals surface area contributed by atoms with Crippen molar-refractivity contribution in [1.82, 2.24) is 9.78 Å². The quantitative estimate of drug-likeness (QED) is 0.748. The molecule has 2 aromatic rings. The molecule has 112 valence electrons. The van der Waals surface area contributed by atoms with Crippen molar-refractivity contribution in [2.75, 3.05) is 0 Å². The van der Waals surface area contributed by atoms with Crippen LogP contribution in [0.2, 0.25) is 0 Å². The molecule has 3 nitrogen and oxygen atoms in total. The minimum absolute atomic E-state index is 0.514. The first kappa shape index (κ1) is 14.5. The standard InChI is InChI=1S/C17H21ClN2O/c18-12-14-6-8-17(9-7-14)21-13-15-10-11-20(19-15)16-4-2-1-3-5-16/h6-11,16H,1-5,12-13H2. The van der Waals surface area contributed by atoms with Crippen molar-refractivity contribution < 1.29 is 4.74 Å². The molecule has 1 saturated carbocycles. The van der Waals surface area contributed by atoms with Crippen molar-refractivity contribution in [3.63, 3.8) is 0 Å². The van der Waals surface area contributed by atoms with Gasteiger partial charge in [0.05, 0.1) is 11.7 Å². The molecule has 0 bridgehead atoms. The molecular formula is C17H21ClN2O. The van der Waals surface area contributed by atoms with Crippen LogP contribution in [-0.2, 0) is 12.5 Å². The van der Waals surface area contributed by atoms with Crippen LogP contribution in [-0.4, -0.2) is 9.78 Å². The van der Waals surface area contributed by atoms with Crippen LogP contribution in [0, 0.1) is 0 Å². The molecule has 0 aliphatic heterocycles. The van der Waals surface area contributed by atoms with Gasteiger partial charge in [0.25, 0.3) is 0 Å². The highest BCUT2D eigenvalue weighted by molar-refractivity contribution is 6.17. The Kier molecular flexibility index (Phi) is 4.81. The van der Waals surface area contributed by atoms with E-state index in [1.54, 1.807) is 0 Å². The summed E-state index contributed by atoms with van der Waals surface area (Å²) in [5, 5.41) is 4.65. The molecule has 1 fully saturated rings. The Balaban J connectivity index is 1.56. The van der Waals surface area contributed by atoms with Gasteiger partial charge in [-0.2, -0.15) is 5.10 Å². The fraction of sp³-hybridized carbons (Fsp3) is 0.471. The third-order valence-electron chi connectivity index (χ3n) is 4.08. The summed E-state index contributed by atoms with van der Waals surface area (Å²) in [6, 6.07) is 10.5. The fourth-order valence-electron chi connectivity index (χ4n) is 2.84. The number of benzene rings is 1. The van der Waals surface area contributed by atoms with Gasteiger partial charge in [-0.1, -0.05) is 31.4 Å². The molecule has 0 N–H and O–H groups in total. The topological polar surface area (TPSA) is 27.1 Å². The summed E-state index contributed by atoms with van der Waals surface area (Å²) in [5.74, 6) is 1.39. The van der Waals surface area contributed by atoms with Gasteiger partial charge in [0.2, 0.25) is 0 Å². The maximum absolute atomic E-state index is 5.78. The number of hydrogen-bond donors (Lipinski definition) is 0. The van der Waals surface area contributed by atoms with E-state index in [2.05, 4.69) is 22.0 Å². The third kappa shape index (κ3) is 3.79. The van der Waals surface area contributed by atoms with Crippen molar-refractivity contribution >= 4 is 11.6 Å². The first-order valence-electron chi connectivity index (χ1n) is 7.67. The summed E-state index contributed by atoms with van der Waals surface area (Å²) in [7, 11) is 0. The molecule has 21 heavy (non-hydrogen) atoms. The number of alkyl halides is 1. The molecule has 1 heterocycles. The minimum Gasteiger partial charge on any atom is -0.487 e. The third-order valence-corrected chi connectivity index (χ3v) is 4.39. The van der Waals surface area contributed by atoms with E-state index in [1.807, 2.05) is 24.3 Å². The van der Waals surface area contributed by atoms with Gasteiger partial charge in [0.15, 0.2) is 0 Å². The van der Waals surface area contributed by atoms with Crippen molar-refractivity contribution in [2.45, 2.75) is 50.6 Å². The van der Waals surface area contributed by atoms with Crippen LogP contribution in [0.3, 0.4) is 0 Å². The lowest BCUT2D eigenvalue weighted by Crippen LogP contribution is -2.13. The largest absolute Gasteiger partial charge is 0.487 e. The molecule has 1 aromatic carbocycles. The monoisotopic (exact) mass is 304 g/mol. The maximum Gasteiger partial charge on any atom is 0.132 e. The van der Waals surface area contributed by atoms with E-state index in [0.717, 1.165) is 17.0 Å². The Hall–Kier alpha value is -1.48. The molecular weight excluding hydrogens is 284 g/mol. The molecule has 0 amide bonds. The number of aromatic nitrogens is 2. The second-order valence-corrected chi connectivity index (χ2v) is 5.91. The SMILES string of the molecule is ClCc1ccc(OCc2ccn(C3CCCCC3)n2)cc1. The van der Waals surface area contributed by atoms with E-state index in [0.29, 0.717) is 18.5 Å². The van der Waals surface area contributed by atoms with Crippen LogP contribution < -0.4 is 4.74 Å². The van der Waals surface area contributed by atoms with Gasteiger partial charge in [-0.25, -0.2) is 0 Å². The summed E-state index contributed by atoms with van der Waals surface area (Å²) in [4.78, 5) is 0. The number of ether oxygens (including phenoxy) is 1. The molecule has 0 saturated heterocycles. The molecule has 0 spiro atoms. The second-order valence-electron chi connectivity index (χ2n) is 5.65. The lowest BCUT2D eigenvalue weighted by atomic mass is 9.96.